The lowest BCUT2D eigenvalue weighted by Gasteiger charge is -2.04. The number of hydrogen-bond acceptors (Lipinski definition) is 5. The number of thiophene rings is 1. The molecule has 0 radical (unpaired) electrons. The summed E-state index contributed by atoms with van der Waals surface area (Å²) in [5.74, 6) is 0. The summed E-state index contributed by atoms with van der Waals surface area (Å²) in [6, 6.07) is 10.3. The van der Waals surface area contributed by atoms with Gasteiger partial charge in [-0.15, -0.1) is 11.3 Å². The molecular weight excluding hydrogens is 428 g/mol. The van der Waals surface area contributed by atoms with Crippen molar-refractivity contribution in [2.24, 2.45) is 0 Å². The van der Waals surface area contributed by atoms with Crippen molar-refractivity contribution in [3.63, 3.8) is 0 Å². The summed E-state index contributed by atoms with van der Waals surface area (Å²) in [5, 5.41) is 7.66. The van der Waals surface area contributed by atoms with Crippen LogP contribution in [0, 0.1) is 6.92 Å². The molecular formula is C26H22N6S. The van der Waals surface area contributed by atoms with Crippen LogP contribution in [0.1, 0.15) is 27.9 Å². The molecule has 0 aliphatic rings. The second kappa shape index (κ2) is 8.44. The summed E-state index contributed by atoms with van der Waals surface area (Å²) in [4.78, 5) is 18.9. The van der Waals surface area contributed by atoms with Crippen molar-refractivity contribution in [2.75, 3.05) is 0 Å². The van der Waals surface area contributed by atoms with Crippen molar-refractivity contribution < 1.29 is 0 Å². The lowest BCUT2D eigenvalue weighted by molar-refractivity contribution is 1.11. The van der Waals surface area contributed by atoms with Crippen LogP contribution in [-0.2, 0) is 0 Å². The van der Waals surface area contributed by atoms with Crippen molar-refractivity contribution in [2.45, 2.75) is 13.8 Å². The van der Waals surface area contributed by atoms with Gasteiger partial charge in [0.1, 0.15) is 17.5 Å². The number of nitrogens with one attached hydrogen (secondary N) is 2. The number of nitrogens with zero attached hydrogens (tertiary/aromatic N) is 4. The van der Waals surface area contributed by atoms with Crippen LogP contribution >= 0.6 is 11.3 Å². The summed E-state index contributed by atoms with van der Waals surface area (Å²) < 4.78 is 0. The summed E-state index contributed by atoms with van der Waals surface area (Å²) in [7, 11) is 0. The van der Waals surface area contributed by atoms with E-state index in [0.717, 1.165) is 61.0 Å². The maximum absolute atomic E-state index is 4.85. The molecule has 0 aliphatic carbocycles. The molecule has 5 rings (SSSR count). The Balaban J connectivity index is 1.59. The predicted molar refractivity (Wildman–Crippen MR) is 136 cm³/mol. The molecule has 5 aromatic rings. The molecule has 0 saturated heterocycles. The second-order valence-corrected chi connectivity index (χ2v) is 8.86. The fourth-order valence-corrected chi connectivity index (χ4v) is 4.75. The number of hydrogen-bond donors (Lipinski definition) is 2. The molecule has 0 aliphatic heterocycles. The molecule has 0 aromatic carbocycles. The van der Waals surface area contributed by atoms with Crippen LogP contribution in [0.4, 0.5) is 0 Å². The summed E-state index contributed by atoms with van der Waals surface area (Å²) in [5.41, 5.74) is 9.30. The fraction of sp³-hybridized carbons (Fsp3) is 0.0769. The van der Waals surface area contributed by atoms with Crippen molar-refractivity contribution >= 4 is 33.5 Å². The van der Waals surface area contributed by atoms with Gasteiger partial charge < -0.3 is 4.98 Å². The van der Waals surface area contributed by atoms with Gasteiger partial charge in [-0.2, -0.15) is 5.10 Å². The molecule has 2 N–H and O–H groups in total. The zero-order valence-corrected chi connectivity index (χ0v) is 19.2. The van der Waals surface area contributed by atoms with Gasteiger partial charge in [-0.25, -0.2) is 15.0 Å². The van der Waals surface area contributed by atoms with E-state index < -0.39 is 0 Å². The van der Waals surface area contributed by atoms with E-state index in [1.54, 1.807) is 23.7 Å². The van der Waals surface area contributed by atoms with Crippen molar-refractivity contribution in [3.8, 4) is 22.6 Å². The highest BCUT2D eigenvalue weighted by molar-refractivity contribution is 7.14. The minimum Gasteiger partial charge on any atom is -0.357 e. The topological polar surface area (TPSA) is 83.1 Å². The third-order valence-corrected chi connectivity index (χ3v) is 6.68. The minimum atomic E-state index is 0.768. The highest BCUT2D eigenvalue weighted by atomic mass is 32.1. The Bertz CT molecular complexity index is 1520. The highest BCUT2D eigenvalue weighted by Gasteiger charge is 2.18. The summed E-state index contributed by atoms with van der Waals surface area (Å²) in [6.07, 6.45) is 8.88. The SMILES string of the molecule is C=C/C=C(/c1ccc(C(=C)C)s1)c1cc(-c2n[nH]c3ccc(-c4cncnc4)nc23)[nH]c1C. The Morgan fingerprint density at radius 3 is 2.61 bits per heavy atom. The first kappa shape index (κ1) is 20.8. The molecule has 33 heavy (non-hydrogen) atoms. The van der Waals surface area contributed by atoms with Crippen LogP contribution in [-0.4, -0.2) is 30.1 Å². The lowest BCUT2D eigenvalue weighted by atomic mass is 10.0. The molecule has 0 spiro atoms. The van der Waals surface area contributed by atoms with Gasteiger partial charge in [0.2, 0.25) is 0 Å². The number of H-pyrrole nitrogens is 2. The van der Waals surface area contributed by atoms with E-state index in [4.69, 9.17) is 4.98 Å². The average molecular weight is 451 g/mol. The van der Waals surface area contributed by atoms with Crippen LogP contribution in [0.2, 0.25) is 0 Å². The molecule has 0 unspecified atom stereocenters. The van der Waals surface area contributed by atoms with Gasteiger partial charge in [-0.3, -0.25) is 5.10 Å². The van der Waals surface area contributed by atoms with Crippen molar-refractivity contribution in [1.82, 2.24) is 30.1 Å². The Morgan fingerprint density at radius 2 is 1.88 bits per heavy atom. The van der Waals surface area contributed by atoms with E-state index in [1.807, 2.05) is 31.2 Å². The number of pyridine rings is 1. The molecule has 0 bridgehead atoms. The zero-order valence-electron chi connectivity index (χ0n) is 18.4. The van der Waals surface area contributed by atoms with Crippen LogP contribution in [0.25, 0.3) is 44.8 Å². The Kier molecular flexibility index (Phi) is 5.32. The molecule has 0 fully saturated rings. The van der Waals surface area contributed by atoms with Crippen molar-refractivity contribution in [3.05, 3.63) is 95.4 Å². The Hall–Kier alpha value is -4.10. The number of aryl methyl sites for hydroxylation is 1. The number of aromatic nitrogens is 6. The van der Waals surface area contributed by atoms with E-state index in [1.165, 1.54) is 11.2 Å². The second-order valence-electron chi connectivity index (χ2n) is 7.77. The quantitative estimate of drug-likeness (QED) is 0.292. The van der Waals surface area contributed by atoms with Gasteiger partial charge in [0.05, 0.1) is 16.9 Å². The zero-order chi connectivity index (χ0) is 22.9. The maximum Gasteiger partial charge on any atom is 0.135 e. The number of aromatic amines is 2. The molecule has 0 amide bonds. The largest absolute Gasteiger partial charge is 0.357 e. The molecule has 5 heterocycles. The highest BCUT2D eigenvalue weighted by Crippen LogP contribution is 2.36. The Morgan fingerprint density at radius 1 is 1.09 bits per heavy atom. The first-order chi connectivity index (χ1) is 16.0. The smallest absolute Gasteiger partial charge is 0.135 e. The van der Waals surface area contributed by atoms with Gasteiger partial charge in [-0.1, -0.05) is 25.3 Å². The summed E-state index contributed by atoms with van der Waals surface area (Å²) in [6.45, 7) is 12.1. The fourth-order valence-electron chi connectivity index (χ4n) is 3.78. The van der Waals surface area contributed by atoms with Crippen LogP contribution in [0.5, 0.6) is 0 Å². The average Bonchev–Trinajstić information content (AvgIpc) is 3.56. The first-order valence-electron chi connectivity index (χ1n) is 10.4. The lowest BCUT2D eigenvalue weighted by Crippen LogP contribution is -1.87. The normalized spacial score (nSPS) is 11.8. The van der Waals surface area contributed by atoms with Crippen LogP contribution < -0.4 is 0 Å². The van der Waals surface area contributed by atoms with E-state index >= 15 is 0 Å². The summed E-state index contributed by atoms with van der Waals surface area (Å²) >= 11 is 1.73. The number of allylic oxidation sites excluding steroid dienone is 3. The molecule has 7 heteroatoms. The maximum atomic E-state index is 4.85. The molecule has 5 aromatic heterocycles. The van der Waals surface area contributed by atoms with Gasteiger partial charge in [0.25, 0.3) is 0 Å². The monoisotopic (exact) mass is 450 g/mol. The molecule has 162 valence electrons. The molecule has 0 saturated carbocycles. The third kappa shape index (κ3) is 3.83. The first-order valence-corrected chi connectivity index (χ1v) is 11.3. The van der Waals surface area contributed by atoms with E-state index in [-0.39, 0.29) is 0 Å². The van der Waals surface area contributed by atoms with E-state index in [9.17, 15) is 0 Å². The van der Waals surface area contributed by atoms with Gasteiger partial charge in [0.15, 0.2) is 0 Å². The standard InChI is InChI=1S/C26H22N6S/c1-5-6-18(24-10-9-23(33-24)15(2)3)19-11-22(29-16(19)4)26-25-21(31-32-26)8-7-20(30-25)17-12-27-14-28-13-17/h5-14,29H,1-2H2,3-4H3,(H,31,32)/b18-6+. The number of rotatable bonds is 6. The van der Waals surface area contributed by atoms with Gasteiger partial charge in [0, 0.05) is 44.5 Å². The van der Waals surface area contributed by atoms with Gasteiger partial charge in [-0.05, 0) is 49.8 Å². The predicted octanol–water partition coefficient (Wildman–Crippen LogP) is 6.43. The van der Waals surface area contributed by atoms with Crippen LogP contribution in [0.15, 0.2) is 74.4 Å². The van der Waals surface area contributed by atoms with Crippen molar-refractivity contribution in [1.29, 1.82) is 0 Å². The molecule has 0 atom stereocenters. The third-order valence-electron chi connectivity index (χ3n) is 5.40. The van der Waals surface area contributed by atoms with E-state index in [2.05, 4.69) is 63.4 Å². The van der Waals surface area contributed by atoms with Gasteiger partial charge >= 0.3 is 0 Å². The van der Waals surface area contributed by atoms with E-state index in [0.29, 0.717) is 0 Å². The molecule has 6 nitrogen and oxygen atoms in total. The number of fused-ring (bicyclic) bond motifs is 1. The van der Waals surface area contributed by atoms with Crippen LogP contribution in [0.3, 0.4) is 0 Å². The minimum absolute atomic E-state index is 0.768. The Labute approximate surface area is 195 Å².